The Morgan fingerprint density at radius 2 is 1.85 bits per heavy atom. The fraction of sp³-hybridized carbons (Fsp3) is 0.100. The molecule has 27 heavy (non-hydrogen) atoms. The van der Waals surface area contributed by atoms with Crippen LogP contribution in [0.15, 0.2) is 54.6 Å². The molecule has 0 aliphatic carbocycles. The molecule has 0 bridgehead atoms. The summed E-state index contributed by atoms with van der Waals surface area (Å²) in [6.45, 7) is 1.79. The fourth-order valence-electron chi connectivity index (χ4n) is 2.39. The molecule has 1 amide bonds. The number of rotatable bonds is 5. The quantitative estimate of drug-likeness (QED) is 0.721. The first-order valence-corrected chi connectivity index (χ1v) is 8.15. The normalized spacial score (nSPS) is 9.96. The van der Waals surface area contributed by atoms with Crippen LogP contribution in [0.25, 0.3) is 0 Å². The van der Waals surface area contributed by atoms with Crippen molar-refractivity contribution in [2.45, 2.75) is 6.92 Å². The van der Waals surface area contributed by atoms with Crippen LogP contribution in [0.4, 0.5) is 17.3 Å². The van der Waals surface area contributed by atoms with Crippen LogP contribution in [0.3, 0.4) is 0 Å². The minimum atomic E-state index is -0.350. The Balaban J connectivity index is 1.79. The first kappa shape index (κ1) is 17.9. The van der Waals surface area contributed by atoms with E-state index in [1.807, 2.05) is 0 Å². The van der Waals surface area contributed by atoms with Crippen LogP contribution in [-0.4, -0.2) is 23.0 Å². The molecule has 0 radical (unpaired) electrons. The van der Waals surface area contributed by atoms with Crippen molar-refractivity contribution < 1.29 is 9.53 Å². The molecule has 3 aromatic rings. The van der Waals surface area contributed by atoms with Gasteiger partial charge in [0.1, 0.15) is 11.4 Å². The molecule has 0 fully saturated rings. The van der Waals surface area contributed by atoms with E-state index < -0.39 is 0 Å². The van der Waals surface area contributed by atoms with Gasteiger partial charge in [-0.05, 0) is 49.4 Å². The molecule has 3 rings (SSSR count). The molecule has 1 aromatic heterocycles. The summed E-state index contributed by atoms with van der Waals surface area (Å²) >= 11 is 0. The van der Waals surface area contributed by atoms with Crippen molar-refractivity contribution in [3.8, 4) is 11.8 Å². The summed E-state index contributed by atoms with van der Waals surface area (Å²) in [6, 6.07) is 17.6. The number of nitrogens with one attached hydrogen (secondary N) is 2. The number of hydrogen-bond donors (Lipinski definition) is 2. The van der Waals surface area contributed by atoms with E-state index in [1.165, 1.54) is 0 Å². The molecule has 7 heteroatoms. The van der Waals surface area contributed by atoms with Crippen molar-refractivity contribution in [3.05, 3.63) is 71.5 Å². The van der Waals surface area contributed by atoms with E-state index in [0.29, 0.717) is 28.6 Å². The minimum absolute atomic E-state index is 0.237. The molecule has 1 heterocycles. The maximum atomic E-state index is 12.5. The molecule has 134 valence electrons. The van der Waals surface area contributed by atoms with E-state index >= 15 is 0 Å². The highest BCUT2D eigenvalue weighted by molar-refractivity contribution is 6.03. The zero-order valence-corrected chi connectivity index (χ0v) is 14.9. The number of aromatic nitrogens is 2. The topological polar surface area (TPSA) is 99.9 Å². The third-order valence-electron chi connectivity index (χ3n) is 3.68. The lowest BCUT2D eigenvalue weighted by Crippen LogP contribution is -2.15. The molecule has 0 saturated heterocycles. The largest absolute Gasteiger partial charge is 0.497 e. The van der Waals surface area contributed by atoms with Crippen molar-refractivity contribution in [2.75, 3.05) is 17.7 Å². The predicted octanol–water partition coefficient (Wildman–Crippen LogP) is 3.66. The SMILES string of the molecule is COc1cccc(NC(=O)c2cc(C)nc(Nc3ccc(C#N)cc3)n2)c1. The maximum absolute atomic E-state index is 12.5. The number of carbonyl (C=O) groups is 1. The Morgan fingerprint density at radius 3 is 2.56 bits per heavy atom. The third kappa shape index (κ3) is 4.58. The van der Waals surface area contributed by atoms with Gasteiger partial charge in [0.25, 0.3) is 5.91 Å². The summed E-state index contributed by atoms with van der Waals surface area (Å²) in [5.41, 5.74) is 2.78. The highest BCUT2D eigenvalue weighted by Gasteiger charge is 2.12. The summed E-state index contributed by atoms with van der Waals surface area (Å²) in [7, 11) is 1.57. The molecule has 0 saturated carbocycles. The summed E-state index contributed by atoms with van der Waals surface area (Å²) < 4.78 is 5.16. The van der Waals surface area contributed by atoms with Gasteiger partial charge in [-0.25, -0.2) is 9.97 Å². The first-order chi connectivity index (χ1) is 13.1. The average Bonchev–Trinajstić information content (AvgIpc) is 2.68. The standard InChI is InChI=1S/C20H17N5O2/c1-13-10-18(19(26)23-16-4-3-5-17(11-16)27-2)25-20(22-13)24-15-8-6-14(12-21)7-9-15/h3-11H,1-2H3,(H,23,26)(H,22,24,25). The van der Waals surface area contributed by atoms with Gasteiger partial charge < -0.3 is 15.4 Å². The van der Waals surface area contributed by atoms with E-state index in [4.69, 9.17) is 10.00 Å². The Bertz CT molecular complexity index is 1010. The summed E-state index contributed by atoms with van der Waals surface area (Å²) in [4.78, 5) is 21.1. The van der Waals surface area contributed by atoms with Crippen LogP contribution in [0, 0.1) is 18.3 Å². The number of aryl methyl sites for hydroxylation is 1. The fourth-order valence-corrected chi connectivity index (χ4v) is 2.39. The van der Waals surface area contributed by atoms with E-state index in [-0.39, 0.29) is 11.6 Å². The smallest absolute Gasteiger partial charge is 0.274 e. The van der Waals surface area contributed by atoms with Gasteiger partial charge in [0, 0.05) is 23.1 Å². The van der Waals surface area contributed by atoms with Crippen LogP contribution in [0.5, 0.6) is 5.75 Å². The van der Waals surface area contributed by atoms with E-state index in [2.05, 4.69) is 26.7 Å². The monoisotopic (exact) mass is 359 g/mol. The lowest BCUT2D eigenvalue weighted by atomic mass is 10.2. The molecule has 0 aliphatic heterocycles. The zero-order valence-electron chi connectivity index (χ0n) is 14.9. The average molecular weight is 359 g/mol. The van der Waals surface area contributed by atoms with Gasteiger partial charge in [-0.15, -0.1) is 0 Å². The van der Waals surface area contributed by atoms with E-state index in [1.54, 1.807) is 68.6 Å². The Morgan fingerprint density at radius 1 is 1.07 bits per heavy atom. The number of carbonyl (C=O) groups excluding carboxylic acids is 1. The number of benzene rings is 2. The highest BCUT2D eigenvalue weighted by atomic mass is 16.5. The molecule has 0 atom stereocenters. The van der Waals surface area contributed by atoms with Crippen LogP contribution < -0.4 is 15.4 Å². The van der Waals surface area contributed by atoms with Crippen molar-refractivity contribution >= 4 is 23.2 Å². The van der Waals surface area contributed by atoms with Gasteiger partial charge in [-0.3, -0.25) is 4.79 Å². The third-order valence-corrected chi connectivity index (χ3v) is 3.68. The minimum Gasteiger partial charge on any atom is -0.497 e. The second-order valence-electron chi connectivity index (χ2n) is 5.72. The Hall–Kier alpha value is -3.92. The number of ether oxygens (including phenoxy) is 1. The summed E-state index contributed by atoms with van der Waals surface area (Å²) in [6.07, 6.45) is 0. The van der Waals surface area contributed by atoms with Crippen LogP contribution in [0.1, 0.15) is 21.7 Å². The van der Waals surface area contributed by atoms with Crippen molar-refractivity contribution in [3.63, 3.8) is 0 Å². The summed E-state index contributed by atoms with van der Waals surface area (Å²) in [5.74, 6) is 0.599. The van der Waals surface area contributed by atoms with Gasteiger partial charge >= 0.3 is 0 Å². The van der Waals surface area contributed by atoms with Gasteiger partial charge in [0.05, 0.1) is 18.7 Å². The number of nitriles is 1. The van der Waals surface area contributed by atoms with Crippen LogP contribution in [-0.2, 0) is 0 Å². The number of nitrogens with zero attached hydrogens (tertiary/aromatic N) is 3. The second-order valence-corrected chi connectivity index (χ2v) is 5.72. The summed E-state index contributed by atoms with van der Waals surface area (Å²) in [5, 5.41) is 14.7. The van der Waals surface area contributed by atoms with Crippen LogP contribution >= 0.6 is 0 Å². The van der Waals surface area contributed by atoms with Crippen LogP contribution in [0.2, 0.25) is 0 Å². The molecule has 7 nitrogen and oxygen atoms in total. The number of methoxy groups -OCH3 is 1. The number of amides is 1. The van der Waals surface area contributed by atoms with Gasteiger partial charge in [-0.1, -0.05) is 6.07 Å². The molecule has 0 aliphatic rings. The molecule has 2 N–H and O–H groups in total. The van der Waals surface area contributed by atoms with Crippen molar-refractivity contribution in [1.29, 1.82) is 5.26 Å². The highest BCUT2D eigenvalue weighted by Crippen LogP contribution is 2.18. The van der Waals surface area contributed by atoms with Crippen molar-refractivity contribution in [1.82, 2.24) is 9.97 Å². The first-order valence-electron chi connectivity index (χ1n) is 8.15. The van der Waals surface area contributed by atoms with Gasteiger partial charge in [0.15, 0.2) is 0 Å². The van der Waals surface area contributed by atoms with E-state index in [0.717, 1.165) is 5.69 Å². The number of hydrogen-bond acceptors (Lipinski definition) is 6. The molecule has 2 aromatic carbocycles. The Labute approximate surface area is 156 Å². The lowest BCUT2D eigenvalue weighted by Gasteiger charge is -2.09. The zero-order chi connectivity index (χ0) is 19.2. The molecule has 0 unspecified atom stereocenters. The maximum Gasteiger partial charge on any atom is 0.274 e. The molecular weight excluding hydrogens is 342 g/mol. The Kier molecular flexibility index (Phi) is 5.28. The van der Waals surface area contributed by atoms with Gasteiger partial charge in [0.2, 0.25) is 5.95 Å². The predicted molar refractivity (Wildman–Crippen MR) is 102 cm³/mol. The number of anilines is 3. The van der Waals surface area contributed by atoms with E-state index in [9.17, 15) is 4.79 Å². The molecule has 0 spiro atoms. The molecular formula is C20H17N5O2. The lowest BCUT2D eigenvalue weighted by molar-refractivity contribution is 0.102. The van der Waals surface area contributed by atoms with Gasteiger partial charge in [-0.2, -0.15) is 5.26 Å². The second kappa shape index (κ2) is 7.97. The van der Waals surface area contributed by atoms with Crippen molar-refractivity contribution in [2.24, 2.45) is 0 Å².